The smallest absolute Gasteiger partial charge is 0.274 e. The molecule has 1 N–H and O–H groups in total. The van der Waals surface area contributed by atoms with Crippen molar-refractivity contribution in [3.05, 3.63) is 58.2 Å². The number of carbonyl (C=O) groups excluding carboxylic acids is 2. The lowest BCUT2D eigenvalue weighted by Crippen LogP contribution is -2.15. The molecule has 0 saturated heterocycles. The molecule has 3 aromatic rings. The fourth-order valence-corrected chi connectivity index (χ4v) is 3.44. The number of Topliss-reactive ketones (excluding diaryl/α,β-unsaturated/α-hetero) is 1. The molecule has 3 rings (SSSR count). The number of benzene rings is 1. The van der Waals surface area contributed by atoms with Crippen LogP contribution in [0.3, 0.4) is 0 Å². The van der Waals surface area contributed by atoms with E-state index in [9.17, 15) is 9.59 Å². The Kier molecular flexibility index (Phi) is 4.51. The molecule has 5 nitrogen and oxygen atoms in total. The standard InChI is InChI=1S/C17H14ClN3O2S/c1-10(22)15-14(11-6-4-3-5-7-11)19-17(24-15)20-16(23)13-8-12(18)9-21(13)2/h3-9H,1-2H3,(H,19,20,23). The number of rotatable bonds is 4. The molecule has 0 spiro atoms. The van der Waals surface area contributed by atoms with Gasteiger partial charge in [0.25, 0.3) is 5.91 Å². The van der Waals surface area contributed by atoms with Crippen molar-refractivity contribution in [1.29, 1.82) is 0 Å². The molecular weight excluding hydrogens is 346 g/mol. The number of anilines is 1. The molecule has 0 radical (unpaired) electrons. The number of amides is 1. The summed E-state index contributed by atoms with van der Waals surface area (Å²) in [7, 11) is 1.74. The van der Waals surface area contributed by atoms with Crippen LogP contribution in [0.1, 0.15) is 27.1 Å². The van der Waals surface area contributed by atoms with Gasteiger partial charge in [0.1, 0.15) is 5.69 Å². The van der Waals surface area contributed by atoms with Gasteiger partial charge in [-0.25, -0.2) is 4.98 Å². The number of nitrogens with zero attached hydrogens (tertiary/aromatic N) is 2. The first-order chi connectivity index (χ1) is 11.5. The lowest BCUT2D eigenvalue weighted by Gasteiger charge is -2.02. The third-order valence-electron chi connectivity index (χ3n) is 3.42. The van der Waals surface area contributed by atoms with Crippen molar-refractivity contribution in [2.75, 3.05) is 5.32 Å². The average Bonchev–Trinajstić information content (AvgIpc) is 3.11. The number of aryl methyl sites for hydroxylation is 1. The molecular formula is C17H14ClN3O2S. The monoisotopic (exact) mass is 359 g/mol. The van der Waals surface area contributed by atoms with E-state index in [-0.39, 0.29) is 11.7 Å². The maximum atomic E-state index is 12.4. The van der Waals surface area contributed by atoms with Gasteiger partial charge in [0.15, 0.2) is 10.9 Å². The maximum absolute atomic E-state index is 12.4. The fourth-order valence-electron chi connectivity index (χ4n) is 2.31. The first kappa shape index (κ1) is 16.4. The van der Waals surface area contributed by atoms with E-state index in [1.807, 2.05) is 30.3 Å². The Morgan fingerprint density at radius 2 is 1.96 bits per heavy atom. The van der Waals surface area contributed by atoms with Gasteiger partial charge in [0.05, 0.1) is 15.6 Å². The molecule has 0 unspecified atom stereocenters. The van der Waals surface area contributed by atoms with Crippen molar-refractivity contribution >= 4 is 39.8 Å². The van der Waals surface area contributed by atoms with Crippen molar-refractivity contribution in [3.8, 4) is 11.3 Å². The molecule has 0 aliphatic carbocycles. The summed E-state index contributed by atoms with van der Waals surface area (Å²) in [5, 5.41) is 3.59. The first-order valence-electron chi connectivity index (χ1n) is 7.16. The van der Waals surface area contributed by atoms with Crippen molar-refractivity contribution in [1.82, 2.24) is 9.55 Å². The number of thiazole rings is 1. The van der Waals surface area contributed by atoms with Crippen LogP contribution in [0.2, 0.25) is 5.02 Å². The summed E-state index contributed by atoms with van der Waals surface area (Å²) >= 11 is 7.07. The summed E-state index contributed by atoms with van der Waals surface area (Å²) in [5.74, 6) is -0.415. The Hall–Kier alpha value is -2.44. The van der Waals surface area contributed by atoms with E-state index < -0.39 is 0 Å². The van der Waals surface area contributed by atoms with Gasteiger partial charge < -0.3 is 4.57 Å². The van der Waals surface area contributed by atoms with E-state index in [1.165, 1.54) is 6.92 Å². The third-order valence-corrected chi connectivity index (χ3v) is 4.70. The van der Waals surface area contributed by atoms with E-state index in [4.69, 9.17) is 11.6 Å². The highest BCUT2D eigenvalue weighted by atomic mass is 35.5. The van der Waals surface area contributed by atoms with Crippen LogP contribution >= 0.6 is 22.9 Å². The Bertz CT molecular complexity index is 915. The quantitative estimate of drug-likeness (QED) is 0.708. The molecule has 2 aromatic heterocycles. The van der Waals surface area contributed by atoms with Gasteiger partial charge >= 0.3 is 0 Å². The van der Waals surface area contributed by atoms with Crippen LogP contribution in [0.25, 0.3) is 11.3 Å². The van der Waals surface area contributed by atoms with Crippen LogP contribution in [0.4, 0.5) is 5.13 Å². The van der Waals surface area contributed by atoms with Crippen molar-refractivity contribution in [2.24, 2.45) is 7.05 Å². The topological polar surface area (TPSA) is 64.0 Å². The predicted molar refractivity (Wildman–Crippen MR) is 95.9 cm³/mol. The number of nitrogens with one attached hydrogen (secondary N) is 1. The fraction of sp³-hybridized carbons (Fsp3) is 0.118. The molecule has 7 heteroatoms. The van der Waals surface area contributed by atoms with Gasteiger partial charge in [0, 0.05) is 25.7 Å². The Balaban J connectivity index is 1.94. The van der Waals surface area contributed by atoms with Gasteiger partial charge in [-0.05, 0) is 6.07 Å². The van der Waals surface area contributed by atoms with E-state index in [0.29, 0.717) is 26.4 Å². The molecule has 2 heterocycles. The Morgan fingerprint density at radius 3 is 2.54 bits per heavy atom. The van der Waals surface area contributed by atoms with E-state index in [2.05, 4.69) is 10.3 Å². The van der Waals surface area contributed by atoms with Crippen molar-refractivity contribution in [3.63, 3.8) is 0 Å². The molecule has 0 saturated carbocycles. The second kappa shape index (κ2) is 6.59. The minimum Gasteiger partial charge on any atom is -0.345 e. The van der Waals surface area contributed by atoms with Crippen LogP contribution < -0.4 is 5.32 Å². The van der Waals surface area contributed by atoms with Crippen molar-refractivity contribution < 1.29 is 9.59 Å². The highest BCUT2D eigenvalue weighted by molar-refractivity contribution is 7.18. The molecule has 1 aromatic carbocycles. The van der Waals surface area contributed by atoms with Gasteiger partial charge in [0.2, 0.25) is 0 Å². The van der Waals surface area contributed by atoms with Crippen LogP contribution in [-0.2, 0) is 7.05 Å². The minimum atomic E-state index is -0.326. The molecule has 0 aliphatic heterocycles. The van der Waals surface area contributed by atoms with Gasteiger partial charge in [-0.2, -0.15) is 0 Å². The SMILES string of the molecule is CC(=O)c1sc(NC(=O)c2cc(Cl)cn2C)nc1-c1ccccc1. The highest BCUT2D eigenvalue weighted by Crippen LogP contribution is 2.31. The molecule has 1 amide bonds. The summed E-state index contributed by atoms with van der Waals surface area (Å²) < 4.78 is 1.63. The Morgan fingerprint density at radius 1 is 1.25 bits per heavy atom. The molecule has 122 valence electrons. The molecule has 0 aliphatic rings. The number of halogens is 1. The lowest BCUT2D eigenvalue weighted by molar-refractivity contribution is 0.101. The van der Waals surface area contributed by atoms with Crippen molar-refractivity contribution in [2.45, 2.75) is 6.92 Å². The Labute approximate surface area is 147 Å². The van der Waals surface area contributed by atoms with Gasteiger partial charge in [-0.3, -0.25) is 14.9 Å². The first-order valence-corrected chi connectivity index (χ1v) is 8.35. The van der Waals surface area contributed by atoms with Crippen LogP contribution in [0.5, 0.6) is 0 Å². The molecule has 0 atom stereocenters. The summed E-state index contributed by atoms with van der Waals surface area (Å²) in [6.45, 7) is 1.49. The number of hydrogen-bond acceptors (Lipinski definition) is 4. The zero-order valence-corrected chi connectivity index (χ0v) is 14.6. The van der Waals surface area contributed by atoms with Crippen LogP contribution in [0, 0.1) is 0 Å². The number of aromatic nitrogens is 2. The number of carbonyl (C=O) groups is 2. The number of hydrogen-bond donors (Lipinski definition) is 1. The summed E-state index contributed by atoms with van der Waals surface area (Å²) in [5.41, 5.74) is 1.83. The molecule has 0 fully saturated rings. The molecule has 24 heavy (non-hydrogen) atoms. The zero-order valence-electron chi connectivity index (χ0n) is 13.0. The summed E-state index contributed by atoms with van der Waals surface area (Å²) in [4.78, 5) is 29.2. The largest absolute Gasteiger partial charge is 0.345 e. The predicted octanol–water partition coefficient (Wildman–Crippen LogP) is 4.26. The normalized spacial score (nSPS) is 10.6. The highest BCUT2D eigenvalue weighted by Gasteiger charge is 2.19. The van der Waals surface area contributed by atoms with Gasteiger partial charge in [-0.15, -0.1) is 0 Å². The van der Waals surface area contributed by atoms with Crippen LogP contribution in [-0.4, -0.2) is 21.2 Å². The minimum absolute atomic E-state index is 0.0891. The number of ketones is 1. The second-order valence-corrected chi connectivity index (χ2v) is 6.66. The van der Waals surface area contributed by atoms with Crippen LogP contribution in [0.15, 0.2) is 42.6 Å². The zero-order chi connectivity index (χ0) is 17.3. The van der Waals surface area contributed by atoms with Gasteiger partial charge in [-0.1, -0.05) is 53.3 Å². The van der Waals surface area contributed by atoms with E-state index in [0.717, 1.165) is 16.9 Å². The maximum Gasteiger partial charge on any atom is 0.274 e. The average molecular weight is 360 g/mol. The summed E-state index contributed by atoms with van der Waals surface area (Å²) in [6, 6.07) is 11.0. The summed E-state index contributed by atoms with van der Waals surface area (Å²) in [6.07, 6.45) is 1.65. The third kappa shape index (κ3) is 3.25. The van der Waals surface area contributed by atoms with E-state index >= 15 is 0 Å². The molecule has 0 bridgehead atoms. The van der Waals surface area contributed by atoms with E-state index in [1.54, 1.807) is 23.9 Å². The lowest BCUT2D eigenvalue weighted by atomic mass is 10.1. The second-order valence-electron chi connectivity index (χ2n) is 5.23.